The van der Waals surface area contributed by atoms with E-state index >= 15 is 0 Å². The summed E-state index contributed by atoms with van der Waals surface area (Å²) in [5.41, 5.74) is 2.28. The van der Waals surface area contributed by atoms with Crippen molar-refractivity contribution in [2.75, 3.05) is 81.7 Å². The fourth-order valence-electron chi connectivity index (χ4n) is 8.53. The van der Waals surface area contributed by atoms with Crippen molar-refractivity contribution in [3.63, 3.8) is 0 Å². The molecule has 4 N–H and O–H groups in total. The van der Waals surface area contributed by atoms with Crippen LogP contribution in [-0.4, -0.2) is 147 Å². The van der Waals surface area contributed by atoms with Crippen LogP contribution in [0.25, 0.3) is 0 Å². The maximum absolute atomic E-state index is 11.6. The average Bonchev–Trinajstić information content (AvgIpc) is 1.20. The summed E-state index contributed by atoms with van der Waals surface area (Å²) >= 11 is 13.8. The number of nitro benzene ring substituents is 4. The number of nitrogens with zero attached hydrogens (tertiary/aromatic N) is 17. The number of hydrogen-bond donors (Lipinski definition) is 4. The number of methoxy groups -OCH3 is 2. The molecule has 6 heterocycles. The van der Waals surface area contributed by atoms with Crippen LogP contribution in [0.4, 0.5) is 38.1 Å². The number of non-ortho nitro benzene ring substituents is 2. The number of aromatic nitrogens is 12. The van der Waals surface area contributed by atoms with Gasteiger partial charge >= 0.3 is 5.69 Å². The summed E-state index contributed by atoms with van der Waals surface area (Å²) < 4.78 is 27.1. The summed E-state index contributed by atoms with van der Waals surface area (Å²) in [6.45, 7) is 20.6. The Morgan fingerprint density at radius 2 is 0.926 bits per heavy atom. The largest absolute Gasteiger partial charge is 0.473 e. The van der Waals surface area contributed by atoms with E-state index in [0.717, 1.165) is 76.8 Å². The molecule has 6 aromatic heterocycles. The van der Waals surface area contributed by atoms with Crippen molar-refractivity contribution in [2.45, 2.75) is 116 Å². The highest BCUT2D eigenvalue weighted by atomic mass is 32.2. The van der Waals surface area contributed by atoms with Gasteiger partial charge in [-0.1, -0.05) is 135 Å². The Morgan fingerprint density at radius 3 is 1.39 bits per heavy atom. The van der Waals surface area contributed by atoms with E-state index in [4.69, 9.17) is 28.9 Å². The molecule has 10 aromatic rings. The van der Waals surface area contributed by atoms with Gasteiger partial charge in [0.25, 0.3) is 27.4 Å². The van der Waals surface area contributed by atoms with E-state index in [2.05, 4.69) is 117 Å². The molecule has 0 aliphatic carbocycles. The summed E-state index contributed by atoms with van der Waals surface area (Å²) in [5.74, 6) is 3.15. The predicted octanol–water partition coefficient (Wildman–Crippen LogP) is 16.0. The molecule has 0 saturated heterocycles. The molecule has 0 spiro atoms. The van der Waals surface area contributed by atoms with Gasteiger partial charge in [0.05, 0.1) is 48.6 Å². The second kappa shape index (κ2) is 49.0. The summed E-state index contributed by atoms with van der Waals surface area (Å²) in [6, 6.07) is 22.4. The molecule has 34 nitrogen and oxygen atoms in total. The Labute approximate surface area is 660 Å². The number of rotatable bonds is 37. The summed E-state index contributed by atoms with van der Waals surface area (Å²) in [5, 5.41) is 123. The van der Waals surface area contributed by atoms with Crippen molar-refractivity contribution in [1.82, 2.24) is 66.5 Å². The minimum Gasteiger partial charge on any atom is -0.473 e. The molecule has 10 rings (SSSR count). The maximum Gasteiger partial charge on any atom is 0.311 e. The minimum absolute atomic E-state index is 0.0451. The fourth-order valence-corrected chi connectivity index (χ4v) is 17.0. The van der Waals surface area contributed by atoms with Crippen molar-refractivity contribution < 1.29 is 43.4 Å². The summed E-state index contributed by atoms with van der Waals surface area (Å²) in [6.07, 6.45) is 4.57. The van der Waals surface area contributed by atoms with Crippen LogP contribution in [-0.2, 0) is 30.6 Å². The van der Waals surface area contributed by atoms with Gasteiger partial charge in [0, 0.05) is 68.7 Å². The van der Waals surface area contributed by atoms with E-state index in [1.54, 1.807) is 87.2 Å². The van der Waals surface area contributed by atoms with Crippen LogP contribution in [0.5, 0.6) is 21.9 Å². The Morgan fingerprint density at radius 1 is 0.481 bits per heavy atom. The number of aryl methyl sites for hydroxylation is 2. The van der Waals surface area contributed by atoms with E-state index in [1.165, 1.54) is 105 Å². The van der Waals surface area contributed by atoms with E-state index in [9.17, 15) is 40.5 Å². The number of thioether (sulfide) groups is 3. The van der Waals surface area contributed by atoms with Crippen LogP contribution >= 0.6 is 103 Å². The first-order valence-electron chi connectivity index (χ1n) is 32.9. The fraction of sp³-hybridized carbons (Fsp3) is 0.431. The van der Waals surface area contributed by atoms with Crippen LogP contribution in [0.1, 0.15) is 133 Å². The monoisotopic (exact) mass is 1650 g/mol. The molecular formula is C65H83N21O13S9. The quantitative estimate of drug-likeness (QED) is 0.0160. The smallest absolute Gasteiger partial charge is 0.311 e. The molecule has 0 saturated carbocycles. The van der Waals surface area contributed by atoms with Crippen molar-refractivity contribution >= 4 is 141 Å². The van der Waals surface area contributed by atoms with Gasteiger partial charge in [0.1, 0.15) is 54.1 Å². The van der Waals surface area contributed by atoms with E-state index in [-0.39, 0.29) is 57.6 Å². The second-order valence-corrected chi connectivity index (χ2v) is 32.3. The highest BCUT2D eigenvalue weighted by Gasteiger charge is 2.29. The zero-order valence-electron chi connectivity index (χ0n) is 61.0. The predicted molar refractivity (Wildman–Crippen MR) is 429 cm³/mol. The van der Waals surface area contributed by atoms with Gasteiger partial charge in [0.15, 0.2) is 19.2 Å². The molecule has 4 atom stereocenters. The van der Waals surface area contributed by atoms with E-state index < -0.39 is 25.6 Å². The van der Waals surface area contributed by atoms with Crippen molar-refractivity contribution in [2.24, 2.45) is 0 Å². The molecule has 4 unspecified atom stereocenters. The standard InChI is InChI=1S/C24H24N8O7S3.C23H24N6O4S3.C11H17N5O2S3.C4H10.C2H7N.CHN/c1-4-40-20(23-28-29-24(42-23)25-12-39-19-8-5-13(2)9-18(19)32(37)38)11-21-26-27-22(41-21)14(3)16-7-6-15(30(33)34)10-17(16)31(35)36;1-3-34-19(21-26-27-22(36-21)24-14-33-18-10-4-15(2)5-11-18)12-20-25-28-23(35-20)32-13-16-6-8-17(9-7-16)29(30)31;1-4-19-7(5-8-13-16-11(18-3)20-8)9-14-15-10(21-9)12-6-17-2;1-3-4-2;1-3-2;1-2/h5-10,14,20H,4,11-12H2,1-3H3,(H,25,29);4-11,19H,3,12-14H2,1-2H3,(H,24,27);7H,4-6H2,1-3H3,(H,12,15);3-4H2,1-2H3;3H,1-2H3;1H. The molecule has 0 aliphatic heterocycles. The lowest BCUT2D eigenvalue weighted by Crippen LogP contribution is -2.09. The molecule has 43 heteroatoms. The van der Waals surface area contributed by atoms with Gasteiger partial charge < -0.3 is 45.0 Å². The Kier molecular flexibility index (Phi) is 40.7. The molecule has 108 heavy (non-hydrogen) atoms. The lowest BCUT2D eigenvalue weighted by atomic mass is 9.99. The SMILES string of the molecule is C#N.CCCC.CCSC(Cc1nnc(C(C)c2ccc([N+](=O)[O-])cc2[N+](=O)[O-])s1)c1nnc(NCOc2ccc(C)cc2[N+](=O)[O-])s1.CCSC(Cc1nnc(OC)s1)c1nnc(NCOC)s1.CCSC(Cc1nnc(OCc2ccc([N+](=O)[O-])cc2)s1)c1nnc(NCOc2ccc(C)cc2)s1.CNC. The number of benzene rings is 4. The third-order valence-electron chi connectivity index (χ3n) is 13.8. The van der Waals surface area contributed by atoms with Crippen molar-refractivity contribution in [1.29, 1.82) is 5.26 Å². The van der Waals surface area contributed by atoms with Crippen molar-refractivity contribution in [3.8, 4) is 28.5 Å². The van der Waals surface area contributed by atoms with Gasteiger partial charge in [-0.3, -0.25) is 40.5 Å². The topological polar surface area (TPSA) is 445 Å². The number of unbranched alkanes of at least 4 members (excludes halogenated alkanes) is 1. The lowest BCUT2D eigenvalue weighted by molar-refractivity contribution is -0.394. The van der Waals surface area contributed by atoms with Crippen LogP contribution in [0.15, 0.2) is 84.9 Å². The Hall–Kier alpha value is -9.10. The number of anilines is 3. The number of ether oxygens (including phenoxy) is 5. The van der Waals surface area contributed by atoms with Crippen LogP contribution in [0, 0.1) is 66.1 Å². The molecule has 0 amide bonds. The second-order valence-electron chi connectivity index (χ2n) is 21.7. The third kappa shape index (κ3) is 30.2. The van der Waals surface area contributed by atoms with Gasteiger partial charge in [-0.25, -0.2) is 5.26 Å². The first kappa shape index (κ1) is 89.5. The van der Waals surface area contributed by atoms with Gasteiger partial charge in [0.2, 0.25) is 15.4 Å². The molecular weight excluding hydrogens is 1570 g/mol. The first-order valence-corrected chi connectivity index (χ1v) is 41.0. The molecule has 4 aromatic carbocycles. The zero-order chi connectivity index (χ0) is 78.9. The average molecular weight is 1660 g/mol. The number of hydrogen-bond acceptors (Lipinski definition) is 39. The van der Waals surface area contributed by atoms with Gasteiger partial charge in [-0.2, -0.15) is 35.3 Å². The Bertz CT molecular complexity index is 4340. The molecule has 0 fully saturated rings. The van der Waals surface area contributed by atoms with Crippen LogP contribution in [0.2, 0.25) is 0 Å². The minimum atomic E-state index is -0.673. The van der Waals surface area contributed by atoms with Crippen molar-refractivity contribution in [3.05, 3.63) is 183 Å². The molecule has 0 aliphatic rings. The third-order valence-corrected chi connectivity index (χ3v) is 23.5. The van der Waals surface area contributed by atoms with E-state index in [0.29, 0.717) is 62.5 Å². The highest BCUT2D eigenvalue weighted by molar-refractivity contribution is 8.00. The molecule has 580 valence electrons. The molecule has 0 radical (unpaired) electrons. The normalized spacial score (nSPS) is 11.6. The van der Waals surface area contributed by atoms with Crippen LogP contribution < -0.4 is 40.2 Å². The highest BCUT2D eigenvalue weighted by Crippen LogP contribution is 2.41. The number of nitro groups is 4. The molecule has 0 bridgehead atoms. The first-order chi connectivity index (χ1) is 52.2. The van der Waals surface area contributed by atoms with Gasteiger partial charge in [-0.15, -0.1) is 72.5 Å². The number of nitriles is 1. The maximum atomic E-state index is 11.6. The van der Waals surface area contributed by atoms with Crippen LogP contribution in [0.3, 0.4) is 0 Å². The van der Waals surface area contributed by atoms with E-state index in [1.807, 2.05) is 64.0 Å². The number of nitrogens with one attached hydrogen (secondary N) is 4. The summed E-state index contributed by atoms with van der Waals surface area (Å²) in [7, 11) is 6.98. The Balaban J connectivity index is 0.000000286. The zero-order valence-corrected chi connectivity index (χ0v) is 68.4. The van der Waals surface area contributed by atoms with Gasteiger partial charge in [-0.05, 0) is 92.7 Å². The lowest BCUT2D eigenvalue weighted by Gasteiger charge is -2.10. The summed E-state index contributed by atoms with van der Waals surface area (Å²) in [4.78, 5) is 42.5.